The Morgan fingerprint density at radius 1 is 1.50 bits per heavy atom. The molecule has 1 unspecified atom stereocenters. The lowest BCUT2D eigenvalue weighted by atomic mass is 10.1. The summed E-state index contributed by atoms with van der Waals surface area (Å²) in [5.41, 5.74) is 0. The minimum atomic E-state index is -0.479. The molecule has 0 radical (unpaired) electrons. The maximum atomic E-state index is 11.5. The second-order valence-electron chi connectivity index (χ2n) is 3.48. The van der Waals surface area contributed by atoms with E-state index in [0.29, 0.717) is 13.0 Å². The van der Waals surface area contributed by atoms with E-state index in [-0.39, 0.29) is 11.8 Å². The lowest BCUT2D eigenvalue weighted by molar-refractivity contribution is -0.120. The monoisotopic (exact) mass is 199 g/mol. The van der Waals surface area contributed by atoms with Gasteiger partial charge in [-0.1, -0.05) is 12.8 Å². The van der Waals surface area contributed by atoms with E-state index in [1.807, 2.05) is 0 Å². The predicted octanol–water partition coefficient (Wildman–Crippen LogP) is 1.63. The highest BCUT2D eigenvalue weighted by Gasteiger charge is 2.22. The van der Waals surface area contributed by atoms with Gasteiger partial charge in [-0.15, -0.1) is 0 Å². The fourth-order valence-corrected chi connectivity index (χ4v) is 1.63. The summed E-state index contributed by atoms with van der Waals surface area (Å²) in [6.07, 6.45) is 3.87. The summed E-state index contributed by atoms with van der Waals surface area (Å²) in [6.45, 7) is 2.08. The van der Waals surface area contributed by atoms with E-state index in [2.05, 4.69) is 5.32 Å². The standard InChI is InChI=1S/C10H17NO3/c1-2-14-10(13)11-8-6-4-3-5-7-9(8)12/h8H,2-7H2,1H3,(H,11,13). The summed E-state index contributed by atoms with van der Waals surface area (Å²) >= 11 is 0. The number of ketones is 1. The molecule has 1 rings (SSSR count). The van der Waals surface area contributed by atoms with Gasteiger partial charge in [0.05, 0.1) is 12.6 Å². The smallest absolute Gasteiger partial charge is 0.407 e. The van der Waals surface area contributed by atoms with Crippen LogP contribution >= 0.6 is 0 Å². The largest absolute Gasteiger partial charge is 0.450 e. The molecule has 1 saturated carbocycles. The van der Waals surface area contributed by atoms with E-state index < -0.39 is 6.09 Å². The summed E-state index contributed by atoms with van der Waals surface area (Å²) in [7, 11) is 0. The Labute approximate surface area is 84.0 Å². The van der Waals surface area contributed by atoms with E-state index in [9.17, 15) is 9.59 Å². The van der Waals surface area contributed by atoms with Crippen molar-refractivity contribution in [3.63, 3.8) is 0 Å². The van der Waals surface area contributed by atoms with Crippen molar-refractivity contribution in [3.05, 3.63) is 0 Å². The van der Waals surface area contributed by atoms with Gasteiger partial charge in [-0.25, -0.2) is 4.79 Å². The van der Waals surface area contributed by atoms with Gasteiger partial charge in [-0.2, -0.15) is 0 Å². The van der Waals surface area contributed by atoms with Crippen LogP contribution in [0.3, 0.4) is 0 Å². The van der Waals surface area contributed by atoms with Crippen LogP contribution in [-0.2, 0) is 9.53 Å². The number of hydrogen-bond donors (Lipinski definition) is 1. The molecule has 4 nitrogen and oxygen atoms in total. The average Bonchev–Trinajstić information content (AvgIpc) is 2.33. The second kappa shape index (κ2) is 5.62. The first-order valence-electron chi connectivity index (χ1n) is 5.20. The van der Waals surface area contributed by atoms with Crippen molar-refractivity contribution in [2.45, 2.75) is 45.1 Å². The summed E-state index contributed by atoms with van der Waals surface area (Å²) in [5, 5.41) is 2.60. The molecule has 0 bridgehead atoms. The van der Waals surface area contributed by atoms with Crippen LogP contribution in [0.4, 0.5) is 4.79 Å². The van der Waals surface area contributed by atoms with Crippen LogP contribution in [0.1, 0.15) is 39.0 Å². The van der Waals surface area contributed by atoms with Crippen LogP contribution in [-0.4, -0.2) is 24.5 Å². The molecule has 0 spiro atoms. The van der Waals surface area contributed by atoms with Crippen LogP contribution in [0.5, 0.6) is 0 Å². The molecule has 1 aliphatic rings. The first-order chi connectivity index (χ1) is 6.74. The number of carbonyl (C=O) groups excluding carboxylic acids is 2. The first-order valence-corrected chi connectivity index (χ1v) is 5.20. The Hall–Kier alpha value is -1.06. The average molecular weight is 199 g/mol. The summed E-state index contributed by atoms with van der Waals surface area (Å²) in [6, 6.07) is -0.323. The Morgan fingerprint density at radius 3 is 3.00 bits per heavy atom. The lowest BCUT2D eigenvalue weighted by Gasteiger charge is -2.14. The van der Waals surface area contributed by atoms with Crippen molar-refractivity contribution in [1.29, 1.82) is 0 Å². The van der Waals surface area contributed by atoms with Crippen LogP contribution in [0.2, 0.25) is 0 Å². The van der Waals surface area contributed by atoms with Gasteiger partial charge in [0.1, 0.15) is 0 Å². The summed E-state index contributed by atoms with van der Waals surface area (Å²) < 4.78 is 4.73. The third kappa shape index (κ3) is 3.36. The van der Waals surface area contributed by atoms with Gasteiger partial charge in [0, 0.05) is 6.42 Å². The Morgan fingerprint density at radius 2 is 2.29 bits per heavy atom. The molecule has 0 saturated heterocycles. The molecular weight excluding hydrogens is 182 g/mol. The highest BCUT2D eigenvalue weighted by Crippen LogP contribution is 2.14. The summed E-state index contributed by atoms with van der Waals surface area (Å²) in [4.78, 5) is 22.6. The van der Waals surface area contributed by atoms with Gasteiger partial charge in [0.2, 0.25) is 0 Å². The molecule has 0 aromatic carbocycles. The minimum Gasteiger partial charge on any atom is -0.450 e. The number of carbonyl (C=O) groups is 2. The van der Waals surface area contributed by atoms with Crippen molar-refractivity contribution in [2.24, 2.45) is 0 Å². The quantitative estimate of drug-likeness (QED) is 0.688. The number of nitrogens with one attached hydrogen (secondary N) is 1. The number of alkyl carbamates (subject to hydrolysis) is 1. The molecule has 0 aliphatic heterocycles. The van der Waals surface area contributed by atoms with Gasteiger partial charge in [0.15, 0.2) is 5.78 Å². The number of rotatable bonds is 2. The SMILES string of the molecule is CCOC(=O)NC1CCCCCC1=O. The van der Waals surface area contributed by atoms with Crippen LogP contribution < -0.4 is 5.32 Å². The molecule has 4 heteroatoms. The van der Waals surface area contributed by atoms with Crippen LogP contribution in [0, 0.1) is 0 Å². The zero-order chi connectivity index (χ0) is 10.4. The van der Waals surface area contributed by atoms with Crippen LogP contribution in [0.25, 0.3) is 0 Å². The maximum Gasteiger partial charge on any atom is 0.407 e. The molecule has 1 amide bonds. The van der Waals surface area contributed by atoms with E-state index >= 15 is 0 Å². The zero-order valence-electron chi connectivity index (χ0n) is 8.54. The predicted molar refractivity (Wildman–Crippen MR) is 52.0 cm³/mol. The van der Waals surface area contributed by atoms with Crippen molar-refractivity contribution < 1.29 is 14.3 Å². The minimum absolute atomic E-state index is 0.135. The molecule has 0 aromatic rings. The van der Waals surface area contributed by atoms with Crippen molar-refractivity contribution in [1.82, 2.24) is 5.32 Å². The highest BCUT2D eigenvalue weighted by atomic mass is 16.5. The van der Waals surface area contributed by atoms with Gasteiger partial charge in [0.25, 0.3) is 0 Å². The number of ether oxygens (including phenoxy) is 1. The third-order valence-corrected chi connectivity index (χ3v) is 2.37. The molecule has 1 N–H and O–H groups in total. The van der Waals surface area contributed by atoms with Gasteiger partial charge >= 0.3 is 6.09 Å². The van der Waals surface area contributed by atoms with E-state index in [0.717, 1.165) is 25.7 Å². The molecule has 80 valence electrons. The molecular formula is C10H17NO3. The van der Waals surface area contributed by atoms with Crippen molar-refractivity contribution >= 4 is 11.9 Å². The van der Waals surface area contributed by atoms with Gasteiger partial charge in [-0.3, -0.25) is 4.79 Å². The molecule has 0 aromatic heterocycles. The molecule has 1 aliphatic carbocycles. The van der Waals surface area contributed by atoms with E-state index in [1.54, 1.807) is 6.92 Å². The Balaban J connectivity index is 2.40. The van der Waals surface area contributed by atoms with Crippen molar-refractivity contribution in [2.75, 3.05) is 6.61 Å². The fourth-order valence-electron chi connectivity index (χ4n) is 1.63. The maximum absolute atomic E-state index is 11.5. The number of hydrogen-bond acceptors (Lipinski definition) is 3. The van der Waals surface area contributed by atoms with Gasteiger partial charge < -0.3 is 10.1 Å². The van der Waals surface area contributed by atoms with Crippen molar-refractivity contribution in [3.8, 4) is 0 Å². The van der Waals surface area contributed by atoms with E-state index in [1.165, 1.54) is 0 Å². The molecule has 1 atom stereocenters. The third-order valence-electron chi connectivity index (χ3n) is 2.37. The molecule has 1 fully saturated rings. The highest BCUT2D eigenvalue weighted by molar-refractivity contribution is 5.87. The molecule has 0 heterocycles. The summed E-state index contributed by atoms with van der Waals surface area (Å²) in [5.74, 6) is 0.135. The Bertz CT molecular complexity index is 215. The normalized spacial score (nSPS) is 22.6. The zero-order valence-corrected chi connectivity index (χ0v) is 8.54. The topological polar surface area (TPSA) is 55.4 Å². The fraction of sp³-hybridized carbons (Fsp3) is 0.800. The number of Topliss-reactive ketones (excluding diaryl/α,β-unsaturated/α-hetero) is 1. The second-order valence-corrected chi connectivity index (χ2v) is 3.48. The lowest BCUT2D eigenvalue weighted by Crippen LogP contribution is -2.40. The first kappa shape index (κ1) is 11.0. The van der Waals surface area contributed by atoms with Gasteiger partial charge in [-0.05, 0) is 19.8 Å². The van der Waals surface area contributed by atoms with Crippen LogP contribution in [0.15, 0.2) is 0 Å². The number of amides is 1. The molecule has 14 heavy (non-hydrogen) atoms. The van der Waals surface area contributed by atoms with E-state index in [4.69, 9.17) is 4.74 Å². The Kier molecular flexibility index (Phi) is 4.43.